The van der Waals surface area contributed by atoms with Crippen LogP contribution >= 0.6 is 0 Å². The van der Waals surface area contributed by atoms with E-state index in [0.29, 0.717) is 25.9 Å². The van der Waals surface area contributed by atoms with Crippen LogP contribution in [0.25, 0.3) is 0 Å². The number of unbranched alkanes of at least 4 members (excludes halogenated alkanes) is 1. The van der Waals surface area contributed by atoms with Crippen molar-refractivity contribution in [1.82, 2.24) is 9.80 Å². The Kier molecular flexibility index (Phi) is 3.37. The molecule has 4 fully saturated rings. The van der Waals surface area contributed by atoms with Crippen molar-refractivity contribution in [3.8, 4) is 0 Å². The fraction of sp³-hybridized carbons (Fsp3) is 0.636. The molecule has 6 nitrogen and oxygen atoms in total. The van der Waals surface area contributed by atoms with Gasteiger partial charge in [0.05, 0.1) is 23.7 Å². The van der Waals surface area contributed by atoms with E-state index in [0.717, 1.165) is 12.8 Å². The summed E-state index contributed by atoms with van der Waals surface area (Å²) in [6.45, 7) is 0.806. The predicted octanol–water partition coefficient (Wildman–Crippen LogP) is 1.38. The second-order valence-electron chi connectivity index (χ2n) is 9.36. The molecule has 2 saturated carbocycles. The van der Waals surface area contributed by atoms with Crippen LogP contribution in [-0.4, -0.2) is 46.5 Å². The van der Waals surface area contributed by atoms with Gasteiger partial charge in [-0.2, -0.15) is 0 Å². The minimum Gasteiger partial charge on any atom is -0.282 e. The molecule has 0 unspecified atom stereocenters. The van der Waals surface area contributed by atoms with E-state index in [2.05, 4.69) is 24.3 Å². The minimum atomic E-state index is -0.147. The first-order chi connectivity index (χ1) is 13.6. The molecule has 4 aliphatic carbocycles. The molecular formula is C22H24N2O4. The van der Waals surface area contributed by atoms with Crippen molar-refractivity contribution in [3.05, 3.63) is 24.3 Å². The lowest BCUT2D eigenvalue weighted by atomic mass is 9.85. The zero-order valence-corrected chi connectivity index (χ0v) is 15.7. The van der Waals surface area contributed by atoms with E-state index in [1.54, 1.807) is 0 Å². The molecule has 6 rings (SSSR count). The summed E-state index contributed by atoms with van der Waals surface area (Å²) in [4.78, 5) is 53.7. The molecule has 4 bridgehead atoms. The Morgan fingerprint density at radius 3 is 1.14 bits per heavy atom. The third-order valence-corrected chi connectivity index (χ3v) is 8.14. The summed E-state index contributed by atoms with van der Waals surface area (Å²) in [6, 6.07) is 0. The van der Waals surface area contributed by atoms with E-state index >= 15 is 0 Å². The molecule has 6 heteroatoms. The highest BCUT2D eigenvalue weighted by Gasteiger charge is 2.60. The van der Waals surface area contributed by atoms with Gasteiger partial charge < -0.3 is 0 Å². The van der Waals surface area contributed by atoms with Crippen molar-refractivity contribution >= 4 is 23.6 Å². The van der Waals surface area contributed by atoms with Crippen molar-refractivity contribution < 1.29 is 19.2 Å². The number of amides is 4. The lowest BCUT2D eigenvalue weighted by Crippen LogP contribution is -2.36. The van der Waals surface area contributed by atoms with E-state index < -0.39 is 0 Å². The number of rotatable bonds is 5. The fourth-order valence-corrected chi connectivity index (χ4v) is 6.91. The maximum absolute atomic E-state index is 12.7. The van der Waals surface area contributed by atoms with Crippen LogP contribution in [0.3, 0.4) is 0 Å². The molecule has 0 N–H and O–H groups in total. The van der Waals surface area contributed by atoms with Gasteiger partial charge >= 0.3 is 0 Å². The number of hydrogen-bond donors (Lipinski definition) is 0. The van der Waals surface area contributed by atoms with Crippen LogP contribution in [0.15, 0.2) is 24.3 Å². The first-order valence-corrected chi connectivity index (χ1v) is 10.6. The van der Waals surface area contributed by atoms with Crippen molar-refractivity contribution in [2.75, 3.05) is 13.1 Å². The lowest BCUT2D eigenvalue weighted by molar-refractivity contribution is -0.143. The molecule has 0 radical (unpaired) electrons. The van der Waals surface area contributed by atoms with Crippen LogP contribution in [0.5, 0.6) is 0 Å². The normalized spacial score (nSPS) is 44.6. The van der Waals surface area contributed by atoms with E-state index in [-0.39, 0.29) is 71.0 Å². The SMILES string of the molecule is O=C1[C@@H]2[C@H](C(=O)N1CCCCN1C(=O)[C@H]3[C@H](C1=O)[C@H]1C=C[C@@H]3C1)[C@H]1C=C[C@H]2C1. The molecule has 2 aliphatic heterocycles. The van der Waals surface area contributed by atoms with Crippen LogP contribution in [-0.2, 0) is 19.2 Å². The predicted molar refractivity (Wildman–Crippen MR) is 98.1 cm³/mol. The number of likely N-dealkylation sites (tertiary alicyclic amines) is 2. The zero-order valence-electron chi connectivity index (χ0n) is 15.7. The first kappa shape index (κ1) is 16.7. The molecule has 6 aliphatic rings. The lowest BCUT2D eigenvalue weighted by Gasteiger charge is -2.19. The summed E-state index contributed by atoms with van der Waals surface area (Å²) in [7, 11) is 0. The minimum absolute atomic E-state index is 0.0163. The molecule has 0 aromatic rings. The topological polar surface area (TPSA) is 74.8 Å². The van der Waals surface area contributed by atoms with Crippen LogP contribution in [0.1, 0.15) is 25.7 Å². The summed E-state index contributed by atoms with van der Waals surface area (Å²) < 4.78 is 0. The molecule has 2 heterocycles. The fourth-order valence-electron chi connectivity index (χ4n) is 6.91. The molecule has 0 aromatic heterocycles. The third kappa shape index (κ3) is 1.98. The number of carbonyl (C=O) groups excluding carboxylic acids is 4. The van der Waals surface area contributed by atoms with Crippen molar-refractivity contribution in [1.29, 1.82) is 0 Å². The van der Waals surface area contributed by atoms with Gasteiger partial charge in [-0.25, -0.2) is 0 Å². The smallest absolute Gasteiger partial charge is 0.233 e. The molecule has 8 atom stereocenters. The second kappa shape index (κ2) is 5.65. The highest BCUT2D eigenvalue weighted by atomic mass is 16.2. The van der Waals surface area contributed by atoms with Gasteiger partial charge in [-0.05, 0) is 49.4 Å². The van der Waals surface area contributed by atoms with E-state index in [1.807, 2.05) is 0 Å². The quantitative estimate of drug-likeness (QED) is 0.410. The van der Waals surface area contributed by atoms with E-state index in [9.17, 15) is 19.2 Å². The second-order valence-corrected chi connectivity index (χ2v) is 9.36. The number of imide groups is 2. The summed E-state index contributed by atoms with van der Waals surface area (Å²) >= 11 is 0. The summed E-state index contributed by atoms with van der Waals surface area (Å²) in [6.07, 6.45) is 11.6. The summed E-state index contributed by atoms with van der Waals surface area (Å²) in [5.41, 5.74) is 0. The highest BCUT2D eigenvalue weighted by Crippen LogP contribution is 2.53. The maximum Gasteiger partial charge on any atom is 0.233 e. The average molecular weight is 380 g/mol. The number of fused-ring (bicyclic) bond motifs is 10. The van der Waals surface area contributed by atoms with Gasteiger partial charge in [-0.15, -0.1) is 0 Å². The summed E-state index contributed by atoms with van der Waals surface area (Å²) in [5.74, 6) is 0.291. The zero-order chi connectivity index (χ0) is 19.2. The number of allylic oxidation sites excluding steroid dienone is 4. The van der Waals surface area contributed by atoms with Crippen LogP contribution in [0.4, 0.5) is 0 Å². The molecule has 28 heavy (non-hydrogen) atoms. The Bertz CT molecular complexity index is 731. The Balaban J connectivity index is 1.05. The van der Waals surface area contributed by atoms with Crippen LogP contribution < -0.4 is 0 Å². The van der Waals surface area contributed by atoms with Gasteiger partial charge in [-0.3, -0.25) is 29.0 Å². The first-order valence-electron chi connectivity index (χ1n) is 10.6. The Labute approximate surface area is 163 Å². The number of hydrogen-bond acceptors (Lipinski definition) is 4. The van der Waals surface area contributed by atoms with E-state index in [1.165, 1.54) is 9.80 Å². The van der Waals surface area contributed by atoms with Gasteiger partial charge in [0, 0.05) is 13.1 Å². The maximum atomic E-state index is 12.7. The molecule has 2 saturated heterocycles. The average Bonchev–Trinajstić information content (AvgIpc) is 3.49. The molecule has 0 aromatic carbocycles. The Hall–Kier alpha value is -2.24. The van der Waals surface area contributed by atoms with Gasteiger partial charge in [0.1, 0.15) is 0 Å². The van der Waals surface area contributed by atoms with Gasteiger partial charge in [0.15, 0.2) is 0 Å². The number of carbonyl (C=O) groups is 4. The molecule has 4 amide bonds. The van der Waals surface area contributed by atoms with Gasteiger partial charge in [-0.1, -0.05) is 24.3 Å². The van der Waals surface area contributed by atoms with Crippen molar-refractivity contribution in [2.45, 2.75) is 25.7 Å². The molecule has 0 spiro atoms. The third-order valence-electron chi connectivity index (χ3n) is 8.14. The van der Waals surface area contributed by atoms with Crippen LogP contribution in [0.2, 0.25) is 0 Å². The Morgan fingerprint density at radius 2 is 0.857 bits per heavy atom. The molecule has 146 valence electrons. The van der Waals surface area contributed by atoms with Crippen LogP contribution in [0, 0.1) is 47.3 Å². The van der Waals surface area contributed by atoms with Gasteiger partial charge in [0.2, 0.25) is 23.6 Å². The molecular weight excluding hydrogens is 356 g/mol. The van der Waals surface area contributed by atoms with E-state index in [4.69, 9.17) is 0 Å². The van der Waals surface area contributed by atoms with Crippen molar-refractivity contribution in [2.24, 2.45) is 47.3 Å². The highest BCUT2D eigenvalue weighted by molar-refractivity contribution is 6.07. The van der Waals surface area contributed by atoms with Gasteiger partial charge in [0.25, 0.3) is 0 Å². The standard InChI is InChI=1S/C22H24N2O4/c25-19-15-11-3-4-12(9-11)16(15)20(26)23(19)7-1-2-8-24-21(27)17-13-5-6-14(10-13)18(17)22(24)28/h3-6,11-18H,1-2,7-10H2/t11-,12-,13-,14+,15-,16+,17+,18+/m0/s1. The summed E-state index contributed by atoms with van der Waals surface area (Å²) in [5, 5.41) is 0. The number of nitrogens with zero attached hydrogens (tertiary/aromatic N) is 2. The largest absolute Gasteiger partial charge is 0.282 e. The Morgan fingerprint density at radius 1 is 0.571 bits per heavy atom. The monoisotopic (exact) mass is 380 g/mol. The van der Waals surface area contributed by atoms with Crippen molar-refractivity contribution in [3.63, 3.8) is 0 Å².